The topological polar surface area (TPSA) is 58.9 Å². The van der Waals surface area contributed by atoms with E-state index in [1.807, 2.05) is 30.3 Å². The third-order valence-corrected chi connectivity index (χ3v) is 2.98. The van der Waals surface area contributed by atoms with E-state index in [-0.39, 0.29) is 5.75 Å². The molecule has 0 amide bonds. The van der Waals surface area contributed by atoms with Crippen LogP contribution in [0.2, 0.25) is 0 Å². The van der Waals surface area contributed by atoms with E-state index >= 15 is 0 Å². The summed E-state index contributed by atoms with van der Waals surface area (Å²) in [6.45, 7) is 0. The molecule has 1 aliphatic heterocycles. The SMILES string of the molecule is O=C1ON=C(c2ccccc2)/C1=C/c1ccccc1O. The number of benzene rings is 2. The fourth-order valence-corrected chi connectivity index (χ4v) is 1.98. The average molecular weight is 265 g/mol. The first-order valence-corrected chi connectivity index (χ1v) is 6.10. The first-order chi connectivity index (χ1) is 9.75. The van der Waals surface area contributed by atoms with E-state index in [4.69, 9.17) is 4.84 Å². The van der Waals surface area contributed by atoms with Gasteiger partial charge in [0.1, 0.15) is 11.5 Å². The van der Waals surface area contributed by atoms with Crippen molar-refractivity contribution in [3.8, 4) is 5.75 Å². The van der Waals surface area contributed by atoms with Crippen molar-refractivity contribution in [2.24, 2.45) is 5.16 Å². The molecule has 1 N–H and O–H groups in total. The van der Waals surface area contributed by atoms with Crippen LogP contribution < -0.4 is 0 Å². The molecule has 98 valence electrons. The van der Waals surface area contributed by atoms with Crippen LogP contribution in [-0.4, -0.2) is 16.8 Å². The molecule has 0 aromatic heterocycles. The molecule has 1 aliphatic rings. The maximum absolute atomic E-state index is 11.8. The zero-order valence-electron chi connectivity index (χ0n) is 10.5. The van der Waals surface area contributed by atoms with Crippen molar-refractivity contribution in [2.45, 2.75) is 0 Å². The van der Waals surface area contributed by atoms with Crippen LogP contribution in [0.4, 0.5) is 0 Å². The van der Waals surface area contributed by atoms with Crippen molar-refractivity contribution in [2.75, 3.05) is 0 Å². The van der Waals surface area contributed by atoms with Crippen LogP contribution in [0.5, 0.6) is 5.75 Å². The van der Waals surface area contributed by atoms with Gasteiger partial charge in [-0.3, -0.25) is 0 Å². The second-order valence-corrected chi connectivity index (χ2v) is 4.30. The molecule has 3 rings (SSSR count). The van der Waals surface area contributed by atoms with Crippen molar-refractivity contribution in [1.82, 2.24) is 0 Å². The molecule has 20 heavy (non-hydrogen) atoms. The first kappa shape index (κ1) is 12.2. The monoisotopic (exact) mass is 265 g/mol. The van der Waals surface area contributed by atoms with E-state index in [1.165, 1.54) is 0 Å². The summed E-state index contributed by atoms with van der Waals surface area (Å²) in [4.78, 5) is 16.5. The Labute approximate surface area is 115 Å². The van der Waals surface area contributed by atoms with Gasteiger partial charge in [0.05, 0.1) is 5.57 Å². The number of carbonyl (C=O) groups is 1. The van der Waals surface area contributed by atoms with Crippen molar-refractivity contribution in [3.05, 3.63) is 71.3 Å². The molecule has 0 bridgehead atoms. The predicted octanol–water partition coefficient (Wildman–Crippen LogP) is 2.74. The van der Waals surface area contributed by atoms with E-state index in [1.54, 1.807) is 30.3 Å². The van der Waals surface area contributed by atoms with Crippen molar-refractivity contribution in [3.63, 3.8) is 0 Å². The lowest BCUT2D eigenvalue weighted by molar-refractivity contribution is -0.136. The minimum Gasteiger partial charge on any atom is -0.507 e. The fourth-order valence-electron chi connectivity index (χ4n) is 1.98. The third-order valence-electron chi connectivity index (χ3n) is 2.98. The number of phenolic OH excluding ortho intramolecular Hbond substituents is 1. The Morgan fingerprint density at radius 2 is 1.70 bits per heavy atom. The molecule has 0 saturated heterocycles. The van der Waals surface area contributed by atoms with Gasteiger partial charge in [-0.25, -0.2) is 4.79 Å². The quantitative estimate of drug-likeness (QED) is 0.671. The highest BCUT2D eigenvalue weighted by molar-refractivity contribution is 6.31. The van der Waals surface area contributed by atoms with Gasteiger partial charge in [-0.15, -0.1) is 0 Å². The molecular formula is C16H11NO3. The largest absolute Gasteiger partial charge is 0.507 e. The Kier molecular flexibility index (Phi) is 3.05. The standard InChI is InChI=1S/C16H11NO3/c18-14-9-5-4-8-12(14)10-13-15(17-20-16(13)19)11-6-2-1-3-7-11/h1-10,18H/b13-10-. The summed E-state index contributed by atoms with van der Waals surface area (Å²) >= 11 is 0. The molecule has 0 radical (unpaired) electrons. The normalized spacial score (nSPS) is 16.1. The molecule has 4 heteroatoms. The number of para-hydroxylation sites is 1. The Balaban J connectivity index is 2.05. The zero-order chi connectivity index (χ0) is 13.9. The molecule has 0 aliphatic carbocycles. The minimum absolute atomic E-state index is 0.104. The van der Waals surface area contributed by atoms with Gasteiger partial charge in [-0.05, 0) is 12.1 Å². The van der Waals surface area contributed by atoms with Gasteiger partial charge in [0.15, 0.2) is 0 Å². The zero-order valence-corrected chi connectivity index (χ0v) is 10.5. The molecular weight excluding hydrogens is 254 g/mol. The van der Waals surface area contributed by atoms with Gasteiger partial charge in [0, 0.05) is 11.1 Å². The minimum atomic E-state index is -0.521. The smallest absolute Gasteiger partial charge is 0.368 e. The van der Waals surface area contributed by atoms with Crippen molar-refractivity contribution >= 4 is 17.8 Å². The number of hydrogen-bond acceptors (Lipinski definition) is 4. The van der Waals surface area contributed by atoms with Crippen LogP contribution in [0.1, 0.15) is 11.1 Å². The van der Waals surface area contributed by atoms with Crippen molar-refractivity contribution < 1.29 is 14.7 Å². The summed E-state index contributed by atoms with van der Waals surface area (Å²) in [6, 6.07) is 16.1. The van der Waals surface area contributed by atoms with E-state index < -0.39 is 5.97 Å². The number of nitrogens with zero attached hydrogens (tertiary/aromatic N) is 1. The Morgan fingerprint density at radius 1 is 1.00 bits per heavy atom. The summed E-state index contributed by atoms with van der Waals surface area (Å²) in [7, 11) is 0. The lowest BCUT2D eigenvalue weighted by Crippen LogP contribution is -2.06. The third kappa shape index (κ3) is 2.19. The number of hydrogen-bond donors (Lipinski definition) is 1. The van der Waals surface area contributed by atoms with Gasteiger partial charge >= 0.3 is 5.97 Å². The van der Waals surface area contributed by atoms with Crippen LogP contribution in [0.15, 0.2) is 65.3 Å². The Morgan fingerprint density at radius 3 is 2.45 bits per heavy atom. The molecule has 1 heterocycles. The molecule has 0 spiro atoms. The van der Waals surface area contributed by atoms with Gasteiger partial charge in [-0.1, -0.05) is 53.7 Å². The van der Waals surface area contributed by atoms with Crippen LogP contribution in [0, 0.1) is 0 Å². The fraction of sp³-hybridized carbons (Fsp3) is 0. The van der Waals surface area contributed by atoms with Gasteiger partial charge in [0.2, 0.25) is 0 Å². The van der Waals surface area contributed by atoms with E-state index in [2.05, 4.69) is 5.16 Å². The van der Waals surface area contributed by atoms with Crippen LogP contribution in [-0.2, 0) is 9.63 Å². The molecule has 0 unspecified atom stereocenters. The molecule has 2 aromatic rings. The van der Waals surface area contributed by atoms with Crippen molar-refractivity contribution in [1.29, 1.82) is 0 Å². The lowest BCUT2D eigenvalue weighted by atomic mass is 10.0. The highest BCUT2D eigenvalue weighted by Gasteiger charge is 2.26. The lowest BCUT2D eigenvalue weighted by Gasteiger charge is -2.01. The highest BCUT2D eigenvalue weighted by atomic mass is 16.7. The predicted molar refractivity (Wildman–Crippen MR) is 75.2 cm³/mol. The van der Waals surface area contributed by atoms with Gasteiger partial charge < -0.3 is 9.94 Å². The van der Waals surface area contributed by atoms with Crippen LogP contribution in [0.3, 0.4) is 0 Å². The summed E-state index contributed by atoms with van der Waals surface area (Å²) in [6.07, 6.45) is 1.58. The molecule has 2 aromatic carbocycles. The number of oxime groups is 1. The second-order valence-electron chi connectivity index (χ2n) is 4.30. The summed E-state index contributed by atoms with van der Waals surface area (Å²) in [5.41, 5.74) is 2.14. The Bertz CT molecular complexity index is 718. The molecule has 4 nitrogen and oxygen atoms in total. The number of rotatable bonds is 2. The number of aromatic hydroxyl groups is 1. The number of phenols is 1. The molecule has 0 fully saturated rings. The molecule has 0 atom stereocenters. The number of carbonyl (C=O) groups excluding carboxylic acids is 1. The van der Waals surface area contributed by atoms with Crippen LogP contribution >= 0.6 is 0 Å². The maximum atomic E-state index is 11.8. The average Bonchev–Trinajstić information content (AvgIpc) is 2.84. The van der Waals surface area contributed by atoms with Gasteiger partial charge in [-0.2, -0.15) is 0 Å². The molecule has 0 saturated carbocycles. The van der Waals surface area contributed by atoms with E-state index in [9.17, 15) is 9.90 Å². The summed E-state index contributed by atoms with van der Waals surface area (Å²) in [5, 5.41) is 13.6. The van der Waals surface area contributed by atoms with Crippen LogP contribution in [0.25, 0.3) is 6.08 Å². The highest BCUT2D eigenvalue weighted by Crippen LogP contribution is 2.24. The second kappa shape index (κ2) is 5.01. The summed E-state index contributed by atoms with van der Waals surface area (Å²) in [5.74, 6) is -0.417. The summed E-state index contributed by atoms with van der Waals surface area (Å²) < 4.78 is 0. The van der Waals surface area contributed by atoms with E-state index in [0.29, 0.717) is 16.8 Å². The van der Waals surface area contributed by atoms with E-state index in [0.717, 1.165) is 5.56 Å². The first-order valence-electron chi connectivity index (χ1n) is 6.10. The van der Waals surface area contributed by atoms with Gasteiger partial charge in [0.25, 0.3) is 0 Å². The Hall–Kier alpha value is -2.88. The maximum Gasteiger partial charge on any atom is 0.368 e.